The number of carbonyl (C=O) groups excluding carboxylic acids is 1. The second-order valence-electron chi connectivity index (χ2n) is 6.73. The third kappa shape index (κ3) is 4.49. The molecule has 3 rings (SSSR count). The number of amides is 1. The second-order valence-corrected chi connectivity index (χ2v) is 6.73. The summed E-state index contributed by atoms with van der Waals surface area (Å²) in [6, 6.07) is 15.5. The van der Waals surface area contributed by atoms with E-state index in [-0.39, 0.29) is 11.5 Å². The van der Waals surface area contributed by atoms with E-state index in [1.807, 2.05) is 24.3 Å². The summed E-state index contributed by atoms with van der Waals surface area (Å²) in [7, 11) is 4.58. The maximum absolute atomic E-state index is 13.0. The van der Waals surface area contributed by atoms with Gasteiger partial charge in [0.25, 0.3) is 5.91 Å². The average molecular weight is 407 g/mol. The van der Waals surface area contributed by atoms with Gasteiger partial charge >= 0.3 is 0 Å². The molecule has 156 valence electrons. The quantitative estimate of drug-likeness (QED) is 0.541. The minimum atomic E-state index is -0.301. The molecule has 0 aliphatic carbocycles. The monoisotopic (exact) mass is 407 g/mol. The average Bonchev–Trinajstić information content (AvgIpc) is 2.82. The van der Waals surface area contributed by atoms with Gasteiger partial charge in [-0.2, -0.15) is 5.26 Å². The van der Waals surface area contributed by atoms with Gasteiger partial charge in [-0.3, -0.25) is 4.79 Å². The van der Waals surface area contributed by atoms with Crippen LogP contribution in [-0.2, 0) is 4.79 Å². The van der Waals surface area contributed by atoms with Crippen LogP contribution < -0.4 is 19.1 Å². The van der Waals surface area contributed by atoms with E-state index >= 15 is 0 Å². The molecule has 1 heterocycles. The van der Waals surface area contributed by atoms with Crippen molar-refractivity contribution in [3.8, 4) is 23.3 Å². The van der Waals surface area contributed by atoms with E-state index in [0.29, 0.717) is 49.0 Å². The number of para-hydroxylation sites is 1. The summed E-state index contributed by atoms with van der Waals surface area (Å²) in [6.45, 7) is 2.51. The van der Waals surface area contributed by atoms with Crippen LogP contribution >= 0.6 is 0 Å². The number of carbonyl (C=O) groups is 1. The molecular formula is C23H25N3O4. The second kappa shape index (κ2) is 9.70. The summed E-state index contributed by atoms with van der Waals surface area (Å²) in [5.41, 5.74) is 1.69. The molecule has 2 aromatic rings. The summed E-state index contributed by atoms with van der Waals surface area (Å²) < 4.78 is 16.1. The molecule has 1 aliphatic heterocycles. The fourth-order valence-corrected chi connectivity index (χ4v) is 3.44. The van der Waals surface area contributed by atoms with Crippen LogP contribution in [-0.4, -0.2) is 58.3 Å². The van der Waals surface area contributed by atoms with Crippen molar-refractivity contribution in [2.75, 3.05) is 52.4 Å². The molecule has 30 heavy (non-hydrogen) atoms. The standard InChI is InChI=1S/C23H25N3O4/c1-28-19-14-21(29-2)20(22(15-19)30-3)13-17(16-24)23(27)26-11-9-25(10-12-26)18-7-5-4-6-8-18/h4-8,13-15H,9-12H2,1-3H3/b17-13-. The van der Waals surface area contributed by atoms with Crippen molar-refractivity contribution in [2.24, 2.45) is 0 Å². The SMILES string of the molecule is COc1cc(OC)c(/C=C(/C#N)C(=O)N2CCN(c3ccccc3)CC2)c(OC)c1. The van der Waals surface area contributed by atoms with Gasteiger partial charge < -0.3 is 24.0 Å². The van der Waals surface area contributed by atoms with Crippen LogP contribution in [0.15, 0.2) is 48.0 Å². The van der Waals surface area contributed by atoms with Crippen LogP contribution in [0, 0.1) is 11.3 Å². The van der Waals surface area contributed by atoms with E-state index in [4.69, 9.17) is 14.2 Å². The third-order valence-electron chi connectivity index (χ3n) is 5.08. The fraction of sp³-hybridized carbons (Fsp3) is 0.304. The summed E-state index contributed by atoms with van der Waals surface area (Å²) in [6.07, 6.45) is 1.52. The molecule has 1 saturated heterocycles. The molecule has 7 heteroatoms. The normalized spacial score (nSPS) is 14.1. The van der Waals surface area contributed by atoms with Gasteiger partial charge in [0.1, 0.15) is 28.9 Å². The smallest absolute Gasteiger partial charge is 0.264 e. The van der Waals surface area contributed by atoms with Crippen molar-refractivity contribution >= 4 is 17.7 Å². The molecule has 0 unspecified atom stereocenters. The number of ether oxygens (including phenoxy) is 3. The number of rotatable bonds is 6. The van der Waals surface area contributed by atoms with E-state index < -0.39 is 0 Å². The summed E-state index contributed by atoms with van der Waals surface area (Å²) in [4.78, 5) is 16.9. The van der Waals surface area contributed by atoms with Crippen molar-refractivity contribution in [3.05, 3.63) is 53.6 Å². The van der Waals surface area contributed by atoms with Crippen molar-refractivity contribution in [1.82, 2.24) is 4.90 Å². The molecule has 1 amide bonds. The Kier molecular flexibility index (Phi) is 6.81. The van der Waals surface area contributed by atoms with E-state index in [9.17, 15) is 10.1 Å². The number of hydrogen-bond donors (Lipinski definition) is 0. The number of hydrogen-bond acceptors (Lipinski definition) is 6. The minimum Gasteiger partial charge on any atom is -0.496 e. The molecule has 0 radical (unpaired) electrons. The summed E-state index contributed by atoms with van der Waals surface area (Å²) in [5, 5.41) is 9.66. The lowest BCUT2D eigenvalue weighted by Gasteiger charge is -2.36. The number of methoxy groups -OCH3 is 3. The lowest BCUT2D eigenvalue weighted by atomic mass is 10.1. The Labute approximate surface area is 176 Å². The van der Waals surface area contributed by atoms with Crippen LogP contribution in [0.1, 0.15) is 5.56 Å². The van der Waals surface area contributed by atoms with Gasteiger partial charge in [0.15, 0.2) is 0 Å². The highest BCUT2D eigenvalue weighted by Gasteiger charge is 2.25. The first-order chi connectivity index (χ1) is 14.6. The first-order valence-corrected chi connectivity index (χ1v) is 9.62. The van der Waals surface area contributed by atoms with Gasteiger partial charge in [-0.15, -0.1) is 0 Å². The highest BCUT2D eigenvalue weighted by atomic mass is 16.5. The zero-order valence-corrected chi connectivity index (χ0v) is 17.4. The summed E-state index contributed by atoms with van der Waals surface area (Å²) >= 11 is 0. The Morgan fingerprint density at radius 2 is 1.57 bits per heavy atom. The Balaban J connectivity index is 1.81. The molecule has 0 spiro atoms. The molecule has 0 bridgehead atoms. The predicted octanol–water partition coefficient (Wildman–Crippen LogP) is 2.97. The van der Waals surface area contributed by atoms with E-state index in [2.05, 4.69) is 17.0 Å². The van der Waals surface area contributed by atoms with Crippen LogP contribution in [0.5, 0.6) is 17.2 Å². The highest BCUT2D eigenvalue weighted by Crippen LogP contribution is 2.35. The Morgan fingerprint density at radius 3 is 2.07 bits per heavy atom. The topological polar surface area (TPSA) is 75.0 Å². The molecule has 0 N–H and O–H groups in total. The van der Waals surface area contributed by atoms with Gasteiger partial charge in [0, 0.05) is 44.0 Å². The number of benzene rings is 2. The zero-order chi connectivity index (χ0) is 21.5. The number of anilines is 1. The largest absolute Gasteiger partial charge is 0.496 e. The van der Waals surface area contributed by atoms with E-state index in [0.717, 1.165) is 5.69 Å². The molecule has 1 fully saturated rings. The molecule has 7 nitrogen and oxygen atoms in total. The van der Waals surface area contributed by atoms with Crippen molar-refractivity contribution in [1.29, 1.82) is 5.26 Å². The van der Waals surface area contributed by atoms with E-state index in [1.165, 1.54) is 20.3 Å². The van der Waals surface area contributed by atoms with E-state index in [1.54, 1.807) is 24.1 Å². The zero-order valence-electron chi connectivity index (χ0n) is 17.4. The molecule has 1 aliphatic rings. The summed E-state index contributed by atoms with van der Waals surface area (Å²) in [5.74, 6) is 1.18. The van der Waals surface area contributed by atoms with Gasteiger partial charge in [-0.25, -0.2) is 0 Å². The van der Waals surface area contributed by atoms with Crippen molar-refractivity contribution in [2.45, 2.75) is 0 Å². The fourth-order valence-electron chi connectivity index (χ4n) is 3.44. The number of nitrogens with zero attached hydrogens (tertiary/aromatic N) is 3. The number of piperazine rings is 1. The highest BCUT2D eigenvalue weighted by molar-refractivity contribution is 6.02. The lowest BCUT2D eigenvalue weighted by molar-refractivity contribution is -0.126. The van der Waals surface area contributed by atoms with Crippen molar-refractivity contribution in [3.63, 3.8) is 0 Å². The van der Waals surface area contributed by atoms with Gasteiger partial charge in [0.05, 0.1) is 26.9 Å². The van der Waals surface area contributed by atoms with Crippen LogP contribution in [0.3, 0.4) is 0 Å². The minimum absolute atomic E-state index is 0.0323. The Morgan fingerprint density at radius 1 is 0.967 bits per heavy atom. The maximum Gasteiger partial charge on any atom is 0.264 e. The first kappa shape index (κ1) is 21.1. The maximum atomic E-state index is 13.0. The van der Waals surface area contributed by atoms with Crippen LogP contribution in [0.2, 0.25) is 0 Å². The lowest BCUT2D eigenvalue weighted by Crippen LogP contribution is -2.49. The van der Waals surface area contributed by atoms with Gasteiger partial charge in [-0.05, 0) is 18.2 Å². The predicted molar refractivity (Wildman–Crippen MR) is 115 cm³/mol. The first-order valence-electron chi connectivity index (χ1n) is 9.62. The molecular weight excluding hydrogens is 382 g/mol. The molecule has 0 saturated carbocycles. The Hall–Kier alpha value is -3.66. The van der Waals surface area contributed by atoms with Gasteiger partial charge in [-0.1, -0.05) is 18.2 Å². The Bertz CT molecular complexity index is 933. The third-order valence-corrected chi connectivity index (χ3v) is 5.08. The van der Waals surface area contributed by atoms with Crippen LogP contribution in [0.25, 0.3) is 6.08 Å². The number of nitriles is 1. The molecule has 0 atom stereocenters. The van der Waals surface area contributed by atoms with Gasteiger partial charge in [0.2, 0.25) is 0 Å². The van der Waals surface area contributed by atoms with Crippen LogP contribution in [0.4, 0.5) is 5.69 Å². The van der Waals surface area contributed by atoms with Crippen molar-refractivity contribution < 1.29 is 19.0 Å². The molecule has 2 aromatic carbocycles. The molecule has 0 aromatic heterocycles.